The summed E-state index contributed by atoms with van der Waals surface area (Å²) in [5, 5.41) is 16.2. The summed E-state index contributed by atoms with van der Waals surface area (Å²) >= 11 is 1.59. The SMILES string of the molecule is Cc1ncsc1-c1ccc(CNC(=O)[C@@H]2C[C@@H](O)CC2C(=O)[C@@H](NC(=O)C(C)(C)C)C(C)(C)C)cc1. The zero-order valence-electron chi connectivity index (χ0n) is 22.3. The number of nitrogens with zero attached hydrogens (tertiary/aromatic N) is 1. The van der Waals surface area contributed by atoms with E-state index < -0.39 is 34.8 Å². The first-order valence-corrected chi connectivity index (χ1v) is 13.4. The Morgan fingerprint density at radius 3 is 2.19 bits per heavy atom. The van der Waals surface area contributed by atoms with Gasteiger partial charge in [-0.05, 0) is 36.3 Å². The molecule has 0 bridgehead atoms. The molecule has 0 spiro atoms. The fourth-order valence-electron chi connectivity index (χ4n) is 4.56. The van der Waals surface area contributed by atoms with Crippen LogP contribution in [0.1, 0.15) is 65.6 Å². The molecule has 1 aliphatic rings. The van der Waals surface area contributed by atoms with Gasteiger partial charge in [-0.15, -0.1) is 11.3 Å². The second-order valence-corrected chi connectivity index (χ2v) is 12.8. The lowest BCUT2D eigenvalue weighted by atomic mass is 9.76. The lowest BCUT2D eigenvalue weighted by Crippen LogP contribution is -2.54. The molecule has 1 aliphatic carbocycles. The minimum absolute atomic E-state index is 0.193. The summed E-state index contributed by atoms with van der Waals surface area (Å²) in [6.45, 7) is 13.4. The number of aliphatic hydroxyl groups is 1. The third-order valence-electron chi connectivity index (χ3n) is 6.78. The van der Waals surface area contributed by atoms with Gasteiger partial charge in [0.25, 0.3) is 0 Å². The van der Waals surface area contributed by atoms with Crippen molar-refractivity contribution in [3.8, 4) is 10.4 Å². The van der Waals surface area contributed by atoms with Crippen molar-refractivity contribution in [2.75, 3.05) is 0 Å². The van der Waals surface area contributed by atoms with Gasteiger partial charge in [0.15, 0.2) is 5.78 Å². The van der Waals surface area contributed by atoms with Crippen molar-refractivity contribution in [1.29, 1.82) is 0 Å². The minimum atomic E-state index is -0.752. The van der Waals surface area contributed by atoms with Gasteiger partial charge in [0.2, 0.25) is 11.8 Å². The first-order valence-electron chi connectivity index (χ1n) is 12.5. The van der Waals surface area contributed by atoms with E-state index in [4.69, 9.17) is 0 Å². The highest BCUT2D eigenvalue weighted by molar-refractivity contribution is 7.13. The second-order valence-electron chi connectivity index (χ2n) is 11.9. The van der Waals surface area contributed by atoms with Crippen LogP contribution in [0, 0.1) is 29.6 Å². The van der Waals surface area contributed by atoms with Crippen LogP contribution in [-0.4, -0.2) is 39.8 Å². The zero-order chi connectivity index (χ0) is 26.8. The van der Waals surface area contributed by atoms with E-state index in [0.717, 1.165) is 21.7 Å². The number of benzene rings is 1. The molecule has 3 N–H and O–H groups in total. The lowest BCUT2D eigenvalue weighted by molar-refractivity contribution is -0.139. The third kappa shape index (κ3) is 6.59. The molecule has 0 aliphatic heterocycles. The molecule has 4 atom stereocenters. The highest BCUT2D eigenvalue weighted by atomic mass is 32.1. The van der Waals surface area contributed by atoms with Crippen LogP contribution in [0.25, 0.3) is 10.4 Å². The summed E-state index contributed by atoms with van der Waals surface area (Å²) in [6.07, 6.45) is -0.274. The van der Waals surface area contributed by atoms with Gasteiger partial charge in [-0.3, -0.25) is 14.4 Å². The average molecular weight is 514 g/mol. The maximum Gasteiger partial charge on any atom is 0.225 e. The number of rotatable bonds is 7. The summed E-state index contributed by atoms with van der Waals surface area (Å²) in [7, 11) is 0. The number of Topliss-reactive ketones (excluding diaryl/α,β-unsaturated/α-hetero) is 1. The Morgan fingerprint density at radius 2 is 1.67 bits per heavy atom. The minimum Gasteiger partial charge on any atom is -0.393 e. The molecule has 1 saturated carbocycles. The van der Waals surface area contributed by atoms with Crippen LogP contribution in [0.2, 0.25) is 0 Å². The molecule has 1 heterocycles. The molecule has 2 amide bonds. The molecule has 1 aromatic heterocycles. The van der Waals surface area contributed by atoms with Gasteiger partial charge in [-0.2, -0.15) is 0 Å². The van der Waals surface area contributed by atoms with E-state index in [-0.39, 0.29) is 30.4 Å². The largest absolute Gasteiger partial charge is 0.393 e. The Balaban J connectivity index is 1.69. The zero-order valence-corrected chi connectivity index (χ0v) is 23.2. The summed E-state index contributed by atoms with van der Waals surface area (Å²) in [5.41, 5.74) is 3.66. The number of thiazole rings is 1. The highest BCUT2D eigenvalue weighted by Gasteiger charge is 2.47. The fraction of sp³-hybridized carbons (Fsp3) is 0.571. The van der Waals surface area contributed by atoms with E-state index >= 15 is 0 Å². The monoisotopic (exact) mass is 513 g/mol. The van der Waals surface area contributed by atoms with Crippen LogP contribution in [0.5, 0.6) is 0 Å². The van der Waals surface area contributed by atoms with E-state index in [2.05, 4.69) is 15.6 Å². The van der Waals surface area contributed by atoms with E-state index in [0.29, 0.717) is 6.54 Å². The number of amides is 2. The Kier molecular flexibility index (Phi) is 8.41. The Labute approximate surface area is 218 Å². The van der Waals surface area contributed by atoms with Crippen molar-refractivity contribution >= 4 is 28.9 Å². The Hall–Kier alpha value is -2.58. The van der Waals surface area contributed by atoms with E-state index in [1.165, 1.54) is 0 Å². The van der Waals surface area contributed by atoms with Gasteiger partial charge in [0, 0.05) is 17.9 Å². The van der Waals surface area contributed by atoms with Crippen LogP contribution in [0.3, 0.4) is 0 Å². The number of carbonyl (C=O) groups excluding carboxylic acids is 3. The van der Waals surface area contributed by atoms with E-state index in [9.17, 15) is 19.5 Å². The smallest absolute Gasteiger partial charge is 0.225 e. The van der Waals surface area contributed by atoms with Crippen molar-refractivity contribution in [3.05, 3.63) is 41.0 Å². The molecule has 0 saturated heterocycles. The maximum absolute atomic E-state index is 13.7. The molecule has 0 radical (unpaired) electrons. The number of aliphatic hydroxyl groups excluding tert-OH is 1. The number of aryl methyl sites for hydroxylation is 1. The molecule has 2 aromatic rings. The first-order chi connectivity index (χ1) is 16.7. The van der Waals surface area contributed by atoms with Gasteiger partial charge < -0.3 is 15.7 Å². The number of hydrogen-bond acceptors (Lipinski definition) is 6. The van der Waals surface area contributed by atoms with Crippen molar-refractivity contribution in [2.24, 2.45) is 22.7 Å². The van der Waals surface area contributed by atoms with Crippen LogP contribution >= 0.6 is 11.3 Å². The van der Waals surface area contributed by atoms with Crippen molar-refractivity contribution in [1.82, 2.24) is 15.6 Å². The van der Waals surface area contributed by atoms with E-state index in [1.807, 2.05) is 57.5 Å². The molecule has 36 heavy (non-hydrogen) atoms. The number of nitrogens with one attached hydrogen (secondary N) is 2. The highest BCUT2D eigenvalue weighted by Crippen LogP contribution is 2.37. The number of ketones is 1. The number of carbonyl (C=O) groups is 3. The lowest BCUT2D eigenvalue weighted by Gasteiger charge is -2.35. The molecule has 7 nitrogen and oxygen atoms in total. The van der Waals surface area contributed by atoms with Crippen LogP contribution in [0.4, 0.5) is 0 Å². The Bertz CT molecular complexity index is 1100. The van der Waals surface area contributed by atoms with Crippen LogP contribution in [0.15, 0.2) is 29.8 Å². The van der Waals surface area contributed by atoms with Gasteiger partial charge in [0.1, 0.15) is 0 Å². The summed E-state index contributed by atoms with van der Waals surface area (Å²) in [5.74, 6) is -1.94. The molecular formula is C28H39N3O4S. The average Bonchev–Trinajstić information content (AvgIpc) is 3.39. The molecule has 1 aromatic carbocycles. The molecule has 1 fully saturated rings. The molecule has 3 rings (SSSR count). The summed E-state index contributed by atoms with van der Waals surface area (Å²) < 4.78 is 0. The standard InChI is InChI=1S/C28H39N3O4S/c1-16-23(36-15-30-16)18-10-8-17(9-11-18)14-29-25(34)21-13-19(32)12-20(21)22(33)24(27(2,3)4)31-26(35)28(5,6)7/h8-11,15,19-21,24,32H,12-14H2,1-7H3,(H,29,34)(H,31,35)/t19-,20?,21+,24+/m0/s1. The quantitative estimate of drug-likeness (QED) is 0.512. The van der Waals surface area contributed by atoms with Crippen molar-refractivity contribution < 1.29 is 19.5 Å². The summed E-state index contributed by atoms with van der Waals surface area (Å²) in [6, 6.07) is 7.22. The third-order valence-corrected chi connectivity index (χ3v) is 7.75. The maximum atomic E-state index is 13.7. The van der Waals surface area contributed by atoms with Gasteiger partial charge >= 0.3 is 0 Å². The predicted molar refractivity (Wildman–Crippen MR) is 142 cm³/mol. The van der Waals surface area contributed by atoms with Crippen LogP contribution < -0.4 is 10.6 Å². The van der Waals surface area contributed by atoms with Crippen LogP contribution in [-0.2, 0) is 20.9 Å². The van der Waals surface area contributed by atoms with Gasteiger partial charge in [-0.1, -0.05) is 65.8 Å². The Morgan fingerprint density at radius 1 is 1.06 bits per heavy atom. The predicted octanol–water partition coefficient (Wildman–Crippen LogP) is 4.27. The fourth-order valence-corrected chi connectivity index (χ4v) is 5.38. The topological polar surface area (TPSA) is 108 Å². The second kappa shape index (κ2) is 10.8. The molecule has 1 unspecified atom stereocenters. The van der Waals surface area contributed by atoms with Gasteiger partial charge in [-0.25, -0.2) is 4.98 Å². The molecular weight excluding hydrogens is 474 g/mol. The summed E-state index contributed by atoms with van der Waals surface area (Å²) in [4.78, 5) is 44.9. The first kappa shape index (κ1) is 28.0. The van der Waals surface area contributed by atoms with Crippen molar-refractivity contribution in [3.63, 3.8) is 0 Å². The number of hydrogen-bond donors (Lipinski definition) is 3. The van der Waals surface area contributed by atoms with E-state index in [1.54, 1.807) is 32.1 Å². The van der Waals surface area contributed by atoms with Crippen molar-refractivity contribution in [2.45, 2.75) is 80.0 Å². The normalized spacial score (nSPS) is 21.2. The van der Waals surface area contributed by atoms with Gasteiger partial charge in [0.05, 0.1) is 34.1 Å². The molecule has 8 heteroatoms. The number of aromatic nitrogens is 1. The molecule has 196 valence electrons.